The smallest absolute Gasteiger partial charge is 0.203 e. The van der Waals surface area contributed by atoms with Crippen LogP contribution in [0.5, 0.6) is 0 Å². The Morgan fingerprint density at radius 1 is 1.50 bits per heavy atom. The molecule has 2 heterocycles. The van der Waals surface area contributed by atoms with Crippen LogP contribution in [0.3, 0.4) is 0 Å². The highest BCUT2D eigenvalue weighted by Crippen LogP contribution is 2.23. The fourth-order valence-corrected chi connectivity index (χ4v) is 2.71. The maximum atomic E-state index is 5.87. The minimum absolute atomic E-state index is 0.321. The van der Waals surface area contributed by atoms with Gasteiger partial charge in [0, 0.05) is 25.4 Å². The summed E-state index contributed by atoms with van der Waals surface area (Å²) in [4.78, 5) is 10.3. The lowest BCUT2D eigenvalue weighted by Crippen LogP contribution is -2.40. The number of hydrogen-bond donors (Lipinski definition) is 2. The maximum Gasteiger partial charge on any atom is 0.203 e. The number of piperidine rings is 1. The van der Waals surface area contributed by atoms with Crippen LogP contribution in [-0.4, -0.2) is 35.8 Å². The number of hydrogen-bond acceptors (Lipinski definition) is 4. The third-order valence-electron chi connectivity index (χ3n) is 3.73. The first-order valence-electron chi connectivity index (χ1n) is 7.38. The minimum Gasteiger partial charge on any atom is -0.399 e. The van der Waals surface area contributed by atoms with Crippen molar-refractivity contribution in [2.75, 3.05) is 30.3 Å². The zero-order valence-corrected chi connectivity index (χ0v) is 11.9. The first-order valence-corrected chi connectivity index (χ1v) is 7.38. The van der Waals surface area contributed by atoms with Crippen molar-refractivity contribution in [1.82, 2.24) is 9.97 Å². The molecule has 1 atom stereocenters. The van der Waals surface area contributed by atoms with Crippen molar-refractivity contribution in [2.24, 2.45) is 0 Å². The van der Waals surface area contributed by atoms with E-state index in [1.807, 2.05) is 18.2 Å². The Balaban J connectivity index is 1.76. The number of nitrogen functional groups attached to an aromatic ring is 1. The van der Waals surface area contributed by atoms with E-state index in [1.54, 1.807) is 0 Å². The van der Waals surface area contributed by atoms with Gasteiger partial charge in [-0.25, -0.2) is 4.98 Å². The molecule has 0 radical (unpaired) electrons. The second kappa shape index (κ2) is 5.71. The molecule has 0 aliphatic carbocycles. The molecule has 0 spiro atoms. The first-order chi connectivity index (χ1) is 9.76. The summed E-state index contributed by atoms with van der Waals surface area (Å²) in [5, 5.41) is 0. The van der Waals surface area contributed by atoms with Crippen LogP contribution in [0.25, 0.3) is 11.0 Å². The van der Waals surface area contributed by atoms with Crippen molar-refractivity contribution in [3.63, 3.8) is 0 Å². The molecule has 1 fully saturated rings. The normalized spacial score (nSPS) is 19.6. The Bertz CT molecular complexity index is 580. The third-order valence-corrected chi connectivity index (χ3v) is 3.73. The molecular weight excluding hydrogens is 252 g/mol. The van der Waals surface area contributed by atoms with Gasteiger partial charge in [0.2, 0.25) is 5.95 Å². The van der Waals surface area contributed by atoms with E-state index in [9.17, 15) is 0 Å². The molecule has 1 aromatic heterocycles. The molecule has 5 nitrogen and oxygen atoms in total. The van der Waals surface area contributed by atoms with Gasteiger partial charge in [0.1, 0.15) is 0 Å². The average Bonchev–Trinajstić information content (AvgIpc) is 2.88. The van der Waals surface area contributed by atoms with Crippen molar-refractivity contribution >= 4 is 22.7 Å². The Morgan fingerprint density at radius 3 is 3.25 bits per heavy atom. The number of benzene rings is 1. The predicted molar refractivity (Wildman–Crippen MR) is 82.0 cm³/mol. The van der Waals surface area contributed by atoms with Gasteiger partial charge in [0.15, 0.2) is 0 Å². The Labute approximate surface area is 119 Å². The van der Waals surface area contributed by atoms with E-state index in [2.05, 4.69) is 21.8 Å². The van der Waals surface area contributed by atoms with Crippen molar-refractivity contribution in [1.29, 1.82) is 0 Å². The van der Waals surface area contributed by atoms with Crippen LogP contribution in [0.1, 0.15) is 26.2 Å². The van der Waals surface area contributed by atoms with E-state index in [1.165, 1.54) is 0 Å². The van der Waals surface area contributed by atoms with Crippen LogP contribution in [0.15, 0.2) is 18.2 Å². The Morgan fingerprint density at radius 2 is 2.40 bits per heavy atom. The van der Waals surface area contributed by atoms with Crippen molar-refractivity contribution in [3.05, 3.63) is 18.2 Å². The van der Waals surface area contributed by atoms with Gasteiger partial charge in [0.05, 0.1) is 17.1 Å². The second-order valence-corrected chi connectivity index (χ2v) is 5.42. The van der Waals surface area contributed by atoms with Crippen molar-refractivity contribution in [3.8, 4) is 0 Å². The average molecular weight is 274 g/mol. The highest BCUT2D eigenvalue weighted by atomic mass is 16.5. The molecule has 3 N–H and O–H groups in total. The lowest BCUT2D eigenvalue weighted by atomic mass is 10.1. The largest absolute Gasteiger partial charge is 0.399 e. The molecule has 1 aliphatic rings. The topological polar surface area (TPSA) is 67.2 Å². The summed E-state index contributed by atoms with van der Waals surface area (Å²) in [6.45, 7) is 4.93. The molecule has 1 aromatic carbocycles. The van der Waals surface area contributed by atoms with Crippen LogP contribution in [0.4, 0.5) is 11.6 Å². The number of fused-ring (bicyclic) bond motifs is 1. The molecule has 0 amide bonds. The summed E-state index contributed by atoms with van der Waals surface area (Å²) in [7, 11) is 0. The lowest BCUT2D eigenvalue weighted by Gasteiger charge is -2.32. The number of nitrogens with two attached hydrogens (primary N) is 1. The van der Waals surface area contributed by atoms with Gasteiger partial charge in [-0.15, -0.1) is 0 Å². The molecule has 0 saturated carbocycles. The fraction of sp³-hybridized carbons (Fsp3) is 0.533. The molecule has 3 rings (SSSR count). The van der Waals surface area contributed by atoms with Gasteiger partial charge >= 0.3 is 0 Å². The van der Waals surface area contributed by atoms with Crippen LogP contribution in [0.2, 0.25) is 0 Å². The molecule has 2 aromatic rings. The zero-order valence-electron chi connectivity index (χ0n) is 11.9. The molecule has 108 valence electrons. The second-order valence-electron chi connectivity index (χ2n) is 5.42. The molecule has 0 bridgehead atoms. The van der Waals surface area contributed by atoms with Gasteiger partial charge in [-0.05, 0) is 37.5 Å². The fourth-order valence-electron chi connectivity index (χ4n) is 2.71. The summed E-state index contributed by atoms with van der Waals surface area (Å²) < 4.78 is 5.87. The standard InChI is InChI=1S/C15H22N4O/c1-2-8-20-12-4-3-7-19(10-12)15-17-13-6-5-11(16)9-14(13)18-15/h5-6,9,12H,2-4,7-8,10,16H2,1H3,(H,17,18). The highest BCUT2D eigenvalue weighted by Gasteiger charge is 2.22. The van der Waals surface area contributed by atoms with Crippen LogP contribution < -0.4 is 10.6 Å². The number of ether oxygens (including phenoxy) is 1. The van der Waals surface area contributed by atoms with E-state index in [-0.39, 0.29) is 0 Å². The van der Waals surface area contributed by atoms with E-state index in [0.717, 1.165) is 61.6 Å². The van der Waals surface area contributed by atoms with Gasteiger partial charge in [0.25, 0.3) is 0 Å². The number of H-pyrrole nitrogens is 1. The molecule has 1 unspecified atom stereocenters. The third kappa shape index (κ3) is 2.72. The summed E-state index contributed by atoms with van der Waals surface area (Å²) in [6, 6.07) is 5.77. The number of nitrogens with one attached hydrogen (secondary N) is 1. The number of anilines is 2. The van der Waals surface area contributed by atoms with Crippen molar-refractivity contribution < 1.29 is 4.74 Å². The molecule has 20 heavy (non-hydrogen) atoms. The molecule has 1 saturated heterocycles. The summed E-state index contributed by atoms with van der Waals surface area (Å²) in [6.07, 6.45) is 3.68. The first kappa shape index (κ1) is 13.2. The van der Waals surface area contributed by atoms with Gasteiger partial charge in [-0.2, -0.15) is 0 Å². The number of rotatable bonds is 4. The quantitative estimate of drug-likeness (QED) is 0.841. The summed E-state index contributed by atoms with van der Waals surface area (Å²) in [5.74, 6) is 0.926. The van der Waals surface area contributed by atoms with Gasteiger partial charge in [-0.3, -0.25) is 0 Å². The predicted octanol–water partition coefficient (Wildman–Crippen LogP) is 2.54. The molecule has 5 heteroatoms. The Hall–Kier alpha value is -1.75. The van der Waals surface area contributed by atoms with E-state index in [4.69, 9.17) is 10.5 Å². The minimum atomic E-state index is 0.321. The van der Waals surface area contributed by atoms with Gasteiger partial charge < -0.3 is 20.4 Å². The van der Waals surface area contributed by atoms with Gasteiger partial charge in [-0.1, -0.05) is 6.92 Å². The number of aromatic amines is 1. The summed E-state index contributed by atoms with van der Waals surface area (Å²) in [5.41, 5.74) is 8.53. The van der Waals surface area contributed by atoms with E-state index >= 15 is 0 Å². The van der Waals surface area contributed by atoms with Crippen LogP contribution in [-0.2, 0) is 4.74 Å². The van der Waals surface area contributed by atoms with E-state index < -0.39 is 0 Å². The Kier molecular flexibility index (Phi) is 3.78. The molecule has 1 aliphatic heterocycles. The number of nitrogens with zero attached hydrogens (tertiary/aromatic N) is 2. The van der Waals surface area contributed by atoms with Crippen LogP contribution in [0, 0.1) is 0 Å². The highest BCUT2D eigenvalue weighted by molar-refractivity contribution is 5.80. The zero-order chi connectivity index (χ0) is 13.9. The number of imidazole rings is 1. The molecular formula is C15H22N4O. The van der Waals surface area contributed by atoms with Crippen LogP contribution >= 0.6 is 0 Å². The summed E-state index contributed by atoms with van der Waals surface area (Å²) >= 11 is 0. The SMILES string of the molecule is CCCOC1CCCN(c2nc3ccc(N)cc3[nH]2)C1. The monoisotopic (exact) mass is 274 g/mol. The van der Waals surface area contributed by atoms with Crippen molar-refractivity contribution in [2.45, 2.75) is 32.3 Å². The maximum absolute atomic E-state index is 5.87. The van der Waals surface area contributed by atoms with E-state index in [0.29, 0.717) is 6.10 Å². The number of aromatic nitrogens is 2. The lowest BCUT2D eigenvalue weighted by molar-refractivity contribution is 0.0438.